The highest BCUT2D eigenvalue weighted by atomic mass is 19.1. The average molecular weight is 455 g/mol. The van der Waals surface area contributed by atoms with Gasteiger partial charge in [-0.05, 0) is 42.7 Å². The second-order valence-corrected chi connectivity index (χ2v) is 8.73. The van der Waals surface area contributed by atoms with Gasteiger partial charge in [0.1, 0.15) is 5.82 Å². The van der Waals surface area contributed by atoms with Gasteiger partial charge >= 0.3 is 0 Å². The quantitative estimate of drug-likeness (QED) is 0.674. The molecular weight excluding hydrogens is 423 g/mol. The molecule has 33 heavy (non-hydrogen) atoms. The van der Waals surface area contributed by atoms with E-state index in [2.05, 4.69) is 10.6 Å². The fraction of sp³-hybridized carbons (Fsp3) is 0.400. The van der Waals surface area contributed by atoms with Crippen molar-refractivity contribution in [3.8, 4) is 0 Å². The van der Waals surface area contributed by atoms with Gasteiger partial charge in [-0.3, -0.25) is 19.3 Å². The molecule has 7 nitrogen and oxygen atoms in total. The van der Waals surface area contributed by atoms with Gasteiger partial charge in [0.25, 0.3) is 11.8 Å². The van der Waals surface area contributed by atoms with Crippen LogP contribution in [0.4, 0.5) is 10.1 Å². The van der Waals surface area contributed by atoms with Crippen LogP contribution in [0.25, 0.3) is 0 Å². The first-order valence-corrected chi connectivity index (χ1v) is 11.2. The highest BCUT2D eigenvalue weighted by Gasteiger charge is 2.24. The number of halogens is 1. The maximum Gasteiger partial charge on any atom is 0.254 e. The van der Waals surface area contributed by atoms with E-state index in [9.17, 15) is 18.8 Å². The predicted octanol–water partition coefficient (Wildman–Crippen LogP) is 2.92. The molecule has 0 atom stereocenters. The lowest BCUT2D eigenvalue weighted by Crippen LogP contribution is -2.50. The molecule has 1 saturated heterocycles. The van der Waals surface area contributed by atoms with Crippen LogP contribution >= 0.6 is 0 Å². The molecular formula is C25H31FN4O3. The highest BCUT2D eigenvalue weighted by molar-refractivity contribution is 6.04. The van der Waals surface area contributed by atoms with Gasteiger partial charge in [0.05, 0.1) is 17.8 Å². The molecule has 1 heterocycles. The Hall–Kier alpha value is -3.26. The SMILES string of the molecule is Cc1ccc(C(=O)N2CCN(CC(=O)Nc3ccccc3C(=O)NCC(C)C)CC2)cc1F. The lowest BCUT2D eigenvalue weighted by molar-refractivity contribution is -0.117. The summed E-state index contributed by atoms with van der Waals surface area (Å²) in [5.74, 6) is -0.723. The van der Waals surface area contributed by atoms with Crippen LogP contribution in [0, 0.1) is 18.7 Å². The first-order valence-electron chi connectivity index (χ1n) is 11.2. The molecule has 1 aliphatic rings. The summed E-state index contributed by atoms with van der Waals surface area (Å²) in [4.78, 5) is 41.4. The molecule has 2 aromatic rings. The van der Waals surface area contributed by atoms with Crippen LogP contribution < -0.4 is 10.6 Å². The molecule has 8 heteroatoms. The number of nitrogens with one attached hydrogen (secondary N) is 2. The van der Waals surface area contributed by atoms with E-state index in [1.54, 1.807) is 48.2 Å². The van der Waals surface area contributed by atoms with Gasteiger partial charge in [-0.1, -0.05) is 32.0 Å². The Balaban J connectivity index is 1.52. The van der Waals surface area contributed by atoms with Crippen LogP contribution in [0.2, 0.25) is 0 Å². The number of para-hydroxylation sites is 1. The van der Waals surface area contributed by atoms with Gasteiger partial charge in [0, 0.05) is 38.3 Å². The number of aryl methyl sites for hydroxylation is 1. The van der Waals surface area contributed by atoms with Gasteiger partial charge in [-0.2, -0.15) is 0 Å². The van der Waals surface area contributed by atoms with Crippen molar-refractivity contribution in [2.75, 3.05) is 44.6 Å². The molecule has 1 aliphatic heterocycles. The summed E-state index contributed by atoms with van der Waals surface area (Å²) in [6.45, 7) is 8.37. The lowest BCUT2D eigenvalue weighted by atomic mass is 10.1. The van der Waals surface area contributed by atoms with Crippen molar-refractivity contribution in [3.63, 3.8) is 0 Å². The van der Waals surface area contributed by atoms with E-state index >= 15 is 0 Å². The van der Waals surface area contributed by atoms with Gasteiger partial charge < -0.3 is 15.5 Å². The van der Waals surface area contributed by atoms with E-state index < -0.39 is 5.82 Å². The van der Waals surface area contributed by atoms with Crippen LogP contribution in [0.15, 0.2) is 42.5 Å². The number of anilines is 1. The third-order valence-corrected chi connectivity index (χ3v) is 5.56. The number of nitrogens with zero attached hydrogens (tertiary/aromatic N) is 2. The van der Waals surface area contributed by atoms with Gasteiger partial charge in [0.15, 0.2) is 0 Å². The smallest absolute Gasteiger partial charge is 0.254 e. The molecule has 3 amide bonds. The number of carbonyl (C=O) groups is 3. The molecule has 0 aliphatic carbocycles. The summed E-state index contributed by atoms with van der Waals surface area (Å²) in [7, 11) is 0. The third-order valence-electron chi connectivity index (χ3n) is 5.56. The number of hydrogen-bond acceptors (Lipinski definition) is 4. The number of piperazine rings is 1. The van der Waals surface area contributed by atoms with Crippen LogP contribution in [-0.2, 0) is 4.79 Å². The summed E-state index contributed by atoms with van der Waals surface area (Å²) in [5.41, 5.74) is 1.73. The Bertz CT molecular complexity index is 1020. The fourth-order valence-electron chi connectivity index (χ4n) is 3.59. The molecule has 0 unspecified atom stereocenters. The van der Waals surface area contributed by atoms with Crippen LogP contribution in [0.1, 0.15) is 40.1 Å². The molecule has 176 valence electrons. The molecule has 0 bridgehead atoms. The van der Waals surface area contributed by atoms with Gasteiger partial charge in [-0.15, -0.1) is 0 Å². The molecule has 2 N–H and O–H groups in total. The van der Waals surface area contributed by atoms with Crippen LogP contribution in [-0.4, -0.2) is 66.8 Å². The molecule has 1 fully saturated rings. The Labute approximate surface area is 193 Å². The molecule has 0 radical (unpaired) electrons. The minimum absolute atomic E-state index is 0.156. The fourth-order valence-corrected chi connectivity index (χ4v) is 3.59. The summed E-state index contributed by atoms with van der Waals surface area (Å²) >= 11 is 0. The normalized spacial score (nSPS) is 14.3. The summed E-state index contributed by atoms with van der Waals surface area (Å²) in [6.07, 6.45) is 0. The zero-order valence-corrected chi connectivity index (χ0v) is 19.4. The van der Waals surface area contributed by atoms with Crippen molar-refractivity contribution in [2.24, 2.45) is 5.92 Å². The second kappa shape index (κ2) is 11.0. The predicted molar refractivity (Wildman–Crippen MR) is 126 cm³/mol. The zero-order valence-electron chi connectivity index (χ0n) is 19.4. The van der Waals surface area contributed by atoms with Gasteiger partial charge in [0.2, 0.25) is 5.91 Å². The van der Waals surface area contributed by atoms with Crippen molar-refractivity contribution in [1.29, 1.82) is 0 Å². The molecule has 2 aromatic carbocycles. The molecule has 0 aromatic heterocycles. The number of amides is 3. The number of hydrogen-bond donors (Lipinski definition) is 2. The van der Waals surface area contributed by atoms with Crippen molar-refractivity contribution < 1.29 is 18.8 Å². The first-order chi connectivity index (χ1) is 15.7. The first kappa shape index (κ1) is 24.4. The Kier molecular flexibility index (Phi) is 8.16. The summed E-state index contributed by atoms with van der Waals surface area (Å²) in [6, 6.07) is 11.4. The van der Waals surface area contributed by atoms with E-state index in [4.69, 9.17) is 0 Å². The second-order valence-electron chi connectivity index (χ2n) is 8.73. The molecule has 0 saturated carbocycles. The van der Waals surface area contributed by atoms with E-state index in [-0.39, 0.29) is 24.3 Å². The number of benzene rings is 2. The van der Waals surface area contributed by atoms with Crippen molar-refractivity contribution in [2.45, 2.75) is 20.8 Å². The van der Waals surface area contributed by atoms with Crippen LogP contribution in [0.3, 0.4) is 0 Å². The van der Waals surface area contributed by atoms with E-state index in [1.807, 2.05) is 18.7 Å². The third kappa shape index (κ3) is 6.61. The standard InChI is InChI=1S/C25H31FN4O3/c1-17(2)15-27-24(32)20-6-4-5-7-22(20)28-23(31)16-29-10-12-30(13-11-29)25(33)19-9-8-18(3)21(26)14-19/h4-9,14,17H,10-13,15-16H2,1-3H3,(H,27,32)(H,28,31). The summed E-state index contributed by atoms with van der Waals surface area (Å²) in [5, 5.41) is 5.70. The van der Waals surface area contributed by atoms with Gasteiger partial charge in [-0.25, -0.2) is 4.39 Å². The Morgan fingerprint density at radius 3 is 2.39 bits per heavy atom. The minimum atomic E-state index is -0.394. The maximum absolute atomic E-state index is 13.8. The maximum atomic E-state index is 13.8. The lowest BCUT2D eigenvalue weighted by Gasteiger charge is -2.34. The van der Waals surface area contributed by atoms with E-state index in [0.29, 0.717) is 61.0 Å². The van der Waals surface area contributed by atoms with E-state index in [1.165, 1.54) is 6.07 Å². The molecule has 0 spiro atoms. The van der Waals surface area contributed by atoms with Crippen molar-refractivity contribution in [3.05, 3.63) is 65.0 Å². The monoisotopic (exact) mass is 454 g/mol. The van der Waals surface area contributed by atoms with Crippen LogP contribution in [0.5, 0.6) is 0 Å². The van der Waals surface area contributed by atoms with Crippen molar-refractivity contribution >= 4 is 23.4 Å². The number of rotatable bonds is 7. The highest BCUT2D eigenvalue weighted by Crippen LogP contribution is 2.16. The van der Waals surface area contributed by atoms with Crippen molar-refractivity contribution in [1.82, 2.24) is 15.1 Å². The summed E-state index contributed by atoms with van der Waals surface area (Å²) < 4.78 is 13.8. The average Bonchev–Trinajstić information content (AvgIpc) is 2.79. The molecule has 3 rings (SSSR count). The topological polar surface area (TPSA) is 81.8 Å². The minimum Gasteiger partial charge on any atom is -0.352 e. The Morgan fingerprint density at radius 1 is 1.03 bits per heavy atom. The largest absolute Gasteiger partial charge is 0.352 e. The van der Waals surface area contributed by atoms with E-state index in [0.717, 1.165) is 0 Å². The number of carbonyl (C=O) groups excluding carboxylic acids is 3. The Morgan fingerprint density at radius 2 is 1.73 bits per heavy atom. The zero-order chi connectivity index (χ0) is 24.0.